The average Bonchev–Trinajstić information content (AvgIpc) is 4.22. The molecule has 6 heterocycles. The van der Waals surface area contributed by atoms with Gasteiger partial charge >= 0.3 is 16.8 Å². The standard InChI is InChI=1S/C48H36N4O4.C6H10NO.Co/c1-53-33-13-5-29(6-14-33)45-37-21-23-39(49-37)46(30-7-15-34(54-2)16-8-30)41-25-27-43(51-41)48(32-11-19-36(56-4)20-12-32)44-28-26-42(52-44)47(40-24-22-38(45)50-40)31-9-17-35(55-3)18-10-31;1-2-7-5-3-4-6(7)8;/h5-28H,1-4H3;2H,3-5H2,1H3;/q-2;-1;+3. The van der Waals surface area contributed by atoms with E-state index >= 15 is 0 Å². The van der Waals surface area contributed by atoms with Crippen LogP contribution < -0.4 is 28.9 Å². The van der Waals surface area contributed by atoms with Crippen molar-refractivity contribution in [2.45, 2.75) is 19.8 Å². The Morgan fingerprint density at radius 3 is 0.938 bits per heavy atom. The van der Waals surface area contributed by atoms with E-state index in [1.165, 1.54) is 0 Å². The van der Waals surface area contributed by atoms with Gasteiger partial charge in [-0.15, -0.1) is 22.1 Å². The molecule has 0 saturated carbocycles. The van der Waals surface area contributed by atoms with Gasteiger partial charge < -0.3 is 33.8 Å². The summed E-state index contributed by atoms with van der Waals surface area (Å²) < 4.78 is 22.1. The first kappa shape index (κ1) is 44.3. The van der Waals surface area contributed by atoms with Gasteiger partial charge in [0.2, 0.25) is 0 Å². The Morgan fingerprint density at radius 2 is 0.738 bits per heavy atom. The van der Waals surface area contributed by atoms with Crippen LogP contribution in [0.3, 0.4) is 0 Å². The van der Waals surface area contributed by atoms with E-state index in [1.54, 1.807) is 33.3 Å². The summed E-state index contributed by atoms with van der Waals surface area (Å²) >= 11 is 0. The Morgan fingerprint density at radius 1 is 0.462 bits per heavy atom. The van der Waals surface area contributed by atoms with Crippen LogP contribution in [-0.2, 0) is 21.6 Å². The second-order valence-corrected chi connectivity index (χ2v) is 15.2. The summed E-state index contributed by atoms with van der Waals surface area (Å²) in [7, 11) is 6.67. The first-order valence-corrected chi connectivity index (χ1v) is 21.1. The SMILES string of the molecule is COc1ccc(-c2c3nc(c(-c4ccc(OC)cc4)c4ccc([n-]4)c(-c4ccc(OC)cc4)c4nc(c(-c5ccc(OC)cc5)c5ccc2[n-]5)C=C4)C=C3)cc1.C[CH-]N1CCCC1=O.[Co+3]. The van der Waals surface area contributed by atoms with Gasteiger partial charge in [-0.25, -0.2) is 16.5 Å². The molecule has 10 nitrogen and oxygen atoms in total. The number of amides is 1. The van der Waals surface area contributed by atoms with Crippen LogP contribution in [0, 0.1) is 6.54 Å². The molecule has 3 aliphatic heterocycles. The normalized spacial score (nSPS) is 12.6. The maximum Gasteiger partial charge on any atom is 3.00 e. The zero-order valence-corrected chi connectivity index (χ0v) is 37.7. The van der Waals surface area contributed by atoms with Gasteiger partial charge in [-0.1, -0.05) is 72.8 Å². The molecule has 0 aliphatic carbocycles. The number of likely N-dealkylation sites (tertiary alicyclic amines) is 1. The van der Waals surface area contributed by atoms with E-state index < -0.39 is 0 Å². The molecule has 65 heavy (non-hydrogen) atoms. The molecule has 0 atom stereocenters. The molecule has 0 unspecified atom stereocenters. The Balaban J connectivity index is 0.000000580. The first-order valence-electron chi connectivity index (χ1n) is 21.1. The van der Waals surface area contributed by atoms with E-state index in [4.69, 9.17) is 38.9 Å². The molecule has 326 valence electrons. The van der Waals surface area contributed by atoms with Crippen LogP contribution in [0.5, 0.6) is 23.0 Å². The van der Waals surface area contributed by atoms with E-state index in [0.29, 0.717) is 0 Å². The number of carbonyl (C=O) groups is 1. The number of fused-ring (bicyclic) bond motifs is 8. The summed E-state index contributed by atoms with van der Waals surface area (Å²) in [5.41, 5.74) is 13.7. The van der Waals surface area contributed by atoms with Gasteiger partial charge in [-0.05, 0) is 130 Å². The Bertz CT molecular complexity index is 2680. The number of carbonyl (C=O) groups excluding carboxylic acids is 1. The maximum absolute atomic E-state index is 10.7. The third-order valence-electron chi connectivity index (χ3n) is 11.5. The average molecular weight is 904 g/mol. The molecule has 4 aromatic carbocycles. The van der Waals surface area contributed by atoms with Crippen LogP contribution in [0.2, 0.25) is 0 Å². The predicted molar refractivity (Wildman–Crippen MR) is 256 cm³/mol. The third-order valence-corrected chi connectivity index (χ3v) is 11.5. The van der Waals surface area contributed by atoms with Gasteiger partial charge in [0.05, 0.1) is 51.2 Å². The monoisotopic (exact) mass is 903 g/mol. The van der Waals surface area contributed by atoms with E-state index in [-0.39, 0.29) is 22.7 Å². The molecule has 11 heteroatoms. The van der Waals surface area contributed by atoms with Crippen LogP contribution in [0.25, 0.3) is 90.9 Å². The van der Waals surface area contributed by atoms with Crippen LogP contribution in [-0.4, -0.2) is 55.8 Å². The second kappa shape index (κ2) is 19.6. The van der Waals surface area contributed by atoms with E-state index in [9.17, 15) is 4.79 Å². The predicted octanol–water partition coefficient (Wildman–Crippen LogP) is 11.4. The van der Waals surface area contributed by atoms with Crippen molar-refractivity contribution in [1.82, 2.24) is 24.8 Å². The maximum atomic E-state index is 10.7. The molecule has 0 spiro atoms. The van der Waals surface area contributed by atoms with Crippen molar-refractivity contribution in [1.29, 1.82) is 0 Å². The minimum atomic E-state index is 0. The first-order chi connectivity index (χ1) is 31.4. The van der Waals surface area contributed by atoms with Gasteiger partial charge in [-0.3, -0.25) is 4.79 Å². The zero-order chi connectivity index (χ0) is 44.2. The summed E-state index contributed by atoms with van der Waals surface area (Å²) in [5.74, 6) is 3.33. The summed E-state index contributed by atoms with van der Waals surface area (Å²) in [6.45, 7) is 4.66. The topological polar surface area (TPSA) is 111 Å². The molecular weight excluding hydrogens is 858 g/mol. The van der Waals surface area contributed by atoms with Crippen molar-refractivity contribution in [2.24, 2.45) is 0 Å². The fourth-order valence-corrected chi connectivity index (χ4v) is 8.24. The quantitative estimate of drug-likeness (QED) is 0.131. The summed E-state index contributed by atoms with van der Waals surface area (Å²) in [6, 6.07) is 40.3. The smallest absolute Gasteiger partial charge is 0.657 e. The largest absolute Gasteiger partial charge is 3.00 e. The van der Waals surface area contributed by atoms with Gasteiger partial charge in [0, 0.05) is 6.42 Å². The van der Waals surface area contributed by atoms with Gasteiger partial charge in [0.25, 0.3) is 0 Å². The molecule has 3 aliphatic rings. The number of methoxy groups -OCH3 is 4. The number of rotatable bonds is 9. The molecule has 1 amide bonds. The minimum absolute atomic E-state index is 0. The fourth-order valence-electron chi connectivity index (χ4n) is 8.24. The fraction of sp³-hybridized carbons (Fsp3) is 0.148. The van der Waals surface area contributed by atoms with E-state index in [0.717, 1.165) is 132 Å². The van der Waals surface area contributed by atoms with Crippen LogP contribution in [0.1, 0.15) is 42.5 Å². The molecule has 0 N–H and O–H groups in total. The van der Waals surface area contributed by atoms with Crippen molar-refractivity contribution in [3.63, 3.8) is 0 Å². The van der Waals surface area contributed by atoms with Gasteiger partial charge in [-0.2, -0.15) is 6.92 Å². The van der Waals surface area contributed by atoms with Crippen molar-refractivity contribution >= 4 is 52.3 Å². The van der Waals surface area contributed by atoms with Crippen molar-refractivity contribution in [2.75, 3.05) is 35.0 Å². The Hall–Kier alpha value is -7.34. The van der Waals surface area contributed by atoms with Crippen LogP contribution in [0.15, 0.2) is 121 Å². The Labute approximate surface area is 388 Å². The molecule has 0 radical (unpaired) electrons. The van der Waals surface area contributed by atoms with Gasteiger partial charge in [0.15, 0.2) is 5.91 Å². The zero-order valence-electron chi connectivity index (χ0n) is 36.7. The summed E-state index contributed by atoms with van der Waals surface area (Å²) in [5, 5.41) is 0. The summed E-state index contributed by atoms with van der Waals surface area (Å²) in [4.78, 5) is 33.8. The molecule has 3 aromatic heterocycles. The van der Waals surface area contributed by atoms with Crippen molar-refractivity contribution < 1.29 is 40.5 Å². The van der Waals surface area contributed by atoms with Crippen LogP contribution in [0.4, 0.5) is 0 Å². The number of benzene rings is 4. The summed E-state index contributed by atoms with van der Waals surface area (Å²) in [6.07, 6.45) is 10.0. The molecule has 7 aromatic rings. The Kier molecular flexibility index (Phi) is 13.3. The molecular formula is C54H46CoN5O5. The molecule has 10 rings (SSSR count). The third kappa shape index (κ3) is 9.06. The van der Waals surface area contributed by atoms with Crippen molar-refractivity contribution in [3.05, 3.63) is 151 Å². The van der Waals surface area contributed by atoms with Crippen molar-refractivity contribution in [3.8, 4) is 67.5 Å². The van der Waals surface area contributed by atoms with E-state index in [1.807, 2.05) is 111 Å². The van der Waals surface area contributed by atoms with E-state index in [2.05, 4.69) is 48.6 Å². The molecule has 1 fully saturated rings. The molecule has 8 bridgehead atoms. The number of aromatic nitrogens is 4. The molecule has 1 saturated heterocycles. The van der Waals surface area contributed by atoms with Crippen LogP contribution >= 0.6 is 0 Å². The second-order valence-electron chi connectivity index (χ2n) is 15.2. The number of nitrogens with zero attached hydrogens (tertiary/aromatic N) is 5. The number of hydrogen-bond donors (Lipinski definition) is 0. The number of ether oxygens (including phenoxy) is 4. The number of hydrogen-bond acceptors (Lipinski definition) is 7. The minimum Gasteiger partial charge on any atom is -0.657 e. The van der Waals surface area contributed by atoms with Gasteiger partial charge in [0.1, 0.15) is 23.0 Å².